The zero-order valence-electron chi connectivity index (χ0n) is 8.16. The van der Waals surface area contributed by atoms with Crippen molar-refractivity contribution in [3.8, 4) is 0 Å². The second-order valence-electron chi connectivity index (χ2n) is 2.88. The number of amides is 1. The smallest absolute Gasteiger partial charge is 0.250 e. The van der Waals surface area contributed by atoms with Crippen molar-refractivity contribution in [3.63, 3.8) is 0 Å². The molecule has 0 bridgehead atoms. The Morgan fingerprint density at radius 2 is 2.29 bits per heavy atom. The number of hydroxylamine groups is 2. The molecule has 0 atom stereocenters. The van der Waals surface area contributed by atoms with Crippen LogP contribution in [0.2, 0.25) is 0 Å². The molecule has 4 heteroatoms. The molecule has 0 N–H and O–H groups in total. The first-order valence-electron chi connectivity index (χ1n) is 4.18. The van der Waals surface area contributed by atoms with Gasteiger partial charge in [-0.25, -0.2) is 5.06 Å². The molecule has 0 aliphatic carbocycles. The normalized spacial score (nSPS) is 9.93. The third-order valence-corrected chi connectivity index (χ3v) is 2.54. The van der Waals surface area contributed by atoms with Crippen LogP contribution in [0, 0.1) is 3.57 Å². The summed E-state index contributed by atoms with van der Waals surface area (Å²) < 4.78 is 1.13. The van der Waals surface area contributed by atoms with Gasteiger partial charge in [0.15, 0.2) is 0 Å². The highest BCUT2D eigenvalue weighted by Crippen LogP contribution is 2.09. The van der Waals surface area contributed by atoms with E-state index in [4.69, 9.17) is 4.84 Å². The van der Waals surface area contributed by atoms with Gasteiger partial charge >= 0.3 is 0 Å². The predicted octanol–water partition coefficient (Wildman–Crippen LogP) is 1.85. The van der Waals surface area contributed by atoms with Crippen molar-refractivity contribution < 1.29 is 9.63 Å². The summed E-state index contributed by atoms with van der Waals surface area (Å²) in [4.78, 5) is 16.2. The number of hydrogen-bond donors (Lipinski definition) is 0. The Morgan fingerprint density at radius 1 is 1.57 bits per heavy atom. The molecule has 0 saturated heterocycles. The standard InChI is InChI=1S/C10H12INO2/c1-12(14-2)10(13)7-8-4-3-5-9(11)6-8/h3-6H,7H2,1-2H3. The Balaban J connectivity index is 2.65. The fourth-order valence-electron chi connectivity index (χ4n) is 1.03. The molecule has 0 aliphatic rings. The number of halogens is 1. The first-order chi connectivity index (χ1) is 6.63. The van der Waals surface area contributed by atoms with Gasteiger partial charge in [0.05, 0.1) is 13.5 Å². The molecule has 1 aromatic rings. The van der Waals surface area contributed by atoms with Crippen molar-refractivity contribution in [2.24, 2.45) is 0 Å². The van der Waals surface area contributed by atoms with Crippen LogP contribution in [0.25, 0.3) is 0 Å². The van der Waals surface area contributed by atoms with Crippen LogP contribution < -0.4 is 0 Å². The Morgan fingerprint density at radius 3 is 2.86 bits per heavy atom. The molecule has 0 aromatic heterocycles. The minimum absolute atomic E-state index is 0.0468. The molecule has 0 unspecified atom stereocenters. The number of hydrogen-bond acceptors (Lipinski definition) is 2. The van der Waals surface area contributed by atoms with E-state index in [0.29, 0.717) is 6.42 Å². The van der Waals surface area contributed by atoms with Crippen molar-refractivity contribution in [1.29, 1.82) is 0 Å². The summed E-state index contributed by atoms with van der Waals surface area (Å²) in [7, 11) is 3.09. The van der Waals surface area contributed by atoms with Crippen molar-refractivity contribution in [2.45, 2.75) is 6.42 Å². The molecule has 76 valence electrons. The van der Waals surface area contributed by atoms with E-state index in [1.807, 2.05) is 24.3 Å². The highest BCUT2D eigenvalue weighted by Gasteiger charge is 2.08. The van der Waals surface area contributed by atoms with Gasteiger partial charge < -0.3 is 0 Å². The van der Waals surface area contributed by atoms with Gasteiger partial charge in [-0.3, -0.25) is 9.63 Å². The van der Waals surface area contributed by atoms with Gasteiger partial charge in [-0.1, -0.05) is 12.1 Å². The van der Waals surface area contributed by atoms with E-state index in [2.05, 4.69) is 22.6 Å². The second kappa shape index (κ2) is 5.31. The van der Waals surface area contributed by atoms with Crippen LogP contribution in [0.15, 0.2) is 24.3 Å². The van der Waals surface area contributed by atoms with Gasteiger partial charge in [0.1, 0.15) is 0 Å². The average Bonchev–Trinajstić information content (AvgIpc) is 2.16. The van der Waals surface area contributed by atoms with Crippen molar-refractivity contribution >= 4 is 28.5 Å². The molecular weight excluding hydrogens is 293 g/mol. The SMILES string of the molecule is CON(C)C(=O)Cc1cccc(I)c1. The summed E-state index contributed by atoms with van der Waals surface area (Å²) in [6.45, 7) is 0. The zero-order chi connectivity index (χ0) is 10.6. The van der Waals surface area contributed by atoms with E-state index in [1.54, 1.807) is 7.05 Å². The molecule has 14 heavy (non-hydrogen) atoms. The molecule has 1 rings (SSSR count). The van der Waals surface area contributed by atoms with Crippen molar-refractivity contribution in [2.75, 3.05) is 14.2 Å². The summed E-state index contributed by atoms with van der Waals surface area (Å²) >= 11 is 2.22. The lowest BCUT2D eigenvalue weighted by atomic mass is 10.1. The maximum Gasteiger partial charge on any atom is 0.250 e. The van der Waals surface area contributed by atoms with Gasteiger partial charge in [0, 0.05) is 10.6 Å². The largest absolute Gasteiger partial charge is 0.275 e. The topological polar surface area (TPSA) is 29.5 Å². The Bertz CT molecular complexity index is 328. The van der Waals surface area contributed by atoms with Gasteiger partial charge in [0.2, 0.25) is 5.91 Å². The summed E-state index contributed by atoms with van der Waals surface area (Å²) in [6, 6.07) is 7.86. The number of rotatable bonds is 3. The lowest BCUT2D eigenvalue weighted by Crippen LogP contribution is -2.26. The summed E-state index contributed by atoms with van der Waals surface area (Å²) in [5.74, 6) is -0.0468. The number of benzene rings is 1. The minimum Gasteiger partial charge on any atom is -0.275 e. The lowest BCUT2D eigenvalue weighted by Gasteiger charge is -2.13. The summed E-state index contributed by atoms with van der Waals surface area (Å²) in [5.41, 5.74) is 1.01. The van der Waals surface area contributed by atoms with Crippen molar-refractivity contribution in [3.05, 3.63) is 33.4 Å². The van der Waals surface area contributed by atoms with Crippen molar-refractivity contribution in [1.82, 2.24) is 5.06 Å². The molecule has 1 amide bonds. The van der Waals surface area contributed by atoms with E-state index < -0.39 is 0 Å². The third kappa shape index (κ3) is 3.26. The maximum atomic E-state index is 11.5. The van der Waals surface area contributed by atoms with Crippen LogP contribution in [0.5, 0.6) is 0 Å². The molecule has 0 saturated carbocycles. The fraction of sp³-hybridized carbons (Fsp3) is 0.300. The van der Waals surface area contributed by atoms with E-state index in [0.717, 1.165) is 9.13 Å². The average molecular weight is 305 g/mol. The van der Waals surface area contributed by atoms with E-state index in [9.17, 15) is 4.79 Å². The molecule has 3 nitrogen and oxygen atoms in total. The van der Waals surface area contributed by atoms with E-state index in [-0.39, 0.29) is 5.91 Å². The Hall–Kier alpha value is -0.620. The number of likely N-dealkylation sites (N-methyl/N-ethyl adjacent to an activating group) is 1. The number of carbonyl (C=O) groups is 1. The predicted molar refractivity (Wildman–Crippen MR) is 62.6 cm³/mol. The molecular formula is C10H12INO2. The highest BCUT2D eigenvalue weighted by atomic mass is 127. The zero-order valence-corrected chi connectivity index (χ0v) is 10.3. The Kier molecular flexibility index (Phi) is 4.34. The van der Waals surface area contributed by atoms with E-state index in [1.165, 1.54) is 12.2 Å². The summed E-state index contributed by atoms with van der Waals surface area (Å²) in [5, 5.41) is 1.24. The van der Waals surface area contributed by atoms with Crippen LogP contribution in [0.3, 0.4) is 0 Å². The Labute approximate surface area is 97.1 Å². The molecule has 0 aliphatic heterocycles. The molecule has 0 spiro atoms. The van der Waals surface area contributed by atoms with Crippen LogP contribution in [0.4, 0.5) is 0 Å². The molecule has 0 fully saturated rings. The maximum absolute atomic E-state index is 11.5. The summed E-state index contributed by atoms with van der Waals surface area (Å²) in [6.07, 6.45) is 0.376. The lowest BCUT2D eigenvalue weighted by molar-refractivity contribution is -0.167. The molecule has 0 heterocycles. The van der Waals surface area contributed by atoms with Crippen LogP contribution >= 0.6 is 22.6 Å². The molecule has 1 aromatic carbocycles. The van der Waals surface area contributed by atoms with Gasteiger partial charge in [-0.2, -0.15) is 0 Å². The highest BCUT2D eigenvalue weighted by molar-refractivity contribution is 14.1. The van der Waals surface area contributed by atoms with Crippen LogP contribution in [0.1, 0.15) is 5.56 Å². The van der Waals surface area contributed by atoms with Gasteiger partial charge in [-0.05, 0) is 40.3 Å². The number of nitrogens with zero attached hydrogens (tertiary/aromatic N) is 1. The number of carbonyl (C=O) groups excluding carboxylic acids is 1. The first kappa shape index (κ1) is 11.5. The fourth-order valence-corrected chi connectivity index (χ4v) is 1.64. The van der Waals surface area contributed by atoms with Gasteiger partial charge in [-0.15, -0.1) is 0 Å². The minimum atomic E-state index is -0.0468. The first-order valence-corrected chi connectivity index (χ1v) is 5.26. The quantitative estimate of drug-likeness (QED) is 0.630. The third-order valence-electron chi connectivity index (χ3n) is 1.87. The van der Waals surface area contributed by atoms with Crippen LogP contribution in [-0.2, 0) is 16.1 Å². The molecule has 0 radical (unpaired) electrons. The second-order valence-corrected chi connectivity index (χ2v) is 4.13. The van der Waals surface area contributed by atoms with Crippen LogP contribution in [-0.4, -0.2) is 25.1 Å². The van der Waals surface area contributed by atoms with E-state index >= 15 is 0 Å². The monoisotopic (exact) mass is 305 g/mol. The van der Waals surface area contributed by atoms with Gasteiger partial charge in [0.25, 0.3) is 0 Å².